The average Bonchev–Trinajstić information content (AvgIpc) is 2.89. The lowest BCUT2D eigenvalue weighted by atomic mass is 9.95. The fraction of sp³-hybridized carbons (Fsp3) is 0.333. The Morgan fingerprint density at radius 2 is 2.40 bits per heavy atom. The highest BCUT2D eigenvalue weighted by molar-refractivity contribution is 5.96. The fourth-order valence-corrected chi connectivity index (χ4v) is 2.57. The van der Waals surface area contributed by atoms with Crippen molar-refractivity contribution in [1.82, 2.24) is 20.2 Å². The quantitative estimate of drug-likeness (QED) is 0.874. The molecule has 0 unspecified atom stereocenters. The van der Waals surface area contributed by atoms with Crippen LogP contribution in [0, 0.1) is 0 Å². The molecule has 1 amide bonds. The van der Waals surface area contributed by atoms with Crippen LogP contribution in [0.5, 0.6) is 0 Å². The van der Waals surface area contributed by atoms with Crippen molar-refractivity contribution >= 4 is 5.91 Å². The molecule has 0 bridgehead atoms. The largest absolute Gasteiger partial charge is 0.345 e. The zero-order chi connectivity index (χ0) is 13.9. The summed E-state index contributed by atoms with van der Waals surface area (Å²) in [5, 5.41) is 6.27. The van der Waals surface area contributed by atoms with E-state index in [-0.39, 0.29) is 5.91 Å². The van der Waals surface area contributed by atoms with E-state index >= 15 is 0 Å². The van der Waals surface area contributed by atoms with E-state index in [4.69, 9.17) is 0 Å². The van der Waals surface area contributed by atoms with Gasteiger partial charge in [0.1, 0.15) is 5.82 Å². The Bertz CT molecular complexity index is 633. The van der Waals surface area contributed by atoms with Crippen LogP contribution in [0.2, 0.25) is 0 Å². The van der Waals surface area contributed by atoms with Crippen LogP contribution in [-0.2, 0) is 26.6 Å². The first-order chi connectivity index (χ1) is 9.75. The molecule has 2 heterocycles. The second-order valence-electron chi connectivity index (χ2n) is 5.01. The van der Waals surface area contributed by atoms with Crippen LogP contribution in [-0.4, -0.2) is 22.0 Å². The van der Waals surface area contributed by atoms with Crippen molar-refractivity contribution < 1.29 is 4.79 Å². The third kappa shape index (κ3) is 2.44. The highest BCUT2D eigenvalue weighted by atomic mass is 16.1. The smallest absolute Gasteiger partial charge is 0.251 e. The standard InChI is InChI=1S/C15H18N4O/c1-19-8-7-17-14(19)10-18-15(20)13-4-2-3-11-9-16-6-5-12(11)13/h2-4,7-8,16H,5-6,9-10H2,1H3,(H,18,20). The van der Waals surface area contributed by atoms with Gasteiger partial charge in [-0.2, -0.15) is 0 Å². The Hall–Kier alpha value is -2.14. The van der Waals surface area contributed by atoms with Crippen LogP contribution in [0.1, 0.15) is 27.3 Å². The molecular formula is C15H18N4O. The molecule has 0 aliphatic carbocycles. The molecule has 5 nitrogen and oxygen atoms in total. The van der Waals surface area contributed by atoms with Gasteiger partial charge in [0.25, 0.3) is 5.91 Å². The van der Waals surface area contributed by atoms with Gasteiger partial charge in [-0.05, 0) is 30.2 Å². The van der Waals surface area contributed by atoms with Crippen LogP contribution < -0.4 is 10.6 Å². The maximum absolute atomic E-state index is 12.4. The van der Waals surface area contributed by atoms with Gasteiger partial charge >= 0.3 is 0 Å². The molecule has 2 aromatic rings. The Labute approximate surface area is 118 Å². The highest BCUT2D eigenvalue weighted by Gasteiger charge is 2.17. The first-order valence-electron chi connectivity index (χ1n) is 6.81. The summed E-state index contributed by atoms with van der Waals surface area (Å²) >= 11 is 0. The van der Waals surface area contributed by atoms with Gasteiger partial charge in [0.2, 0.25) is 0 Å². The Balaban J connectivity index is 1.76. The fourth-order valence-electron chi connectivity index (χ4n) is 2.57. The SMILES string of the molecule is Cn1ccnc1CNC(=O)c1cccc2c1CCNC2. The molecule has 1 aliphatic rings. The molecule has 1 aliphatic heterocycles. The van der Waals surface area contributed by atoms with Gasteiger partial charge in [-0.1, -0.05) is 12.1 Å². The molecule has 0 atom stereocenters. The zero-order valence-electron chi connectivity index (χ0n) is 11.5. The molecule has 3 rings (SSSR count). The van der Waals surface area contributed by atoms with Gasteiger partial charge in [0, 0.05) is 31.5 Å². The summed E-state index contributed by atoms with van der Waals surface area (Å²) in [6, 6.07) is 5.93. The van der Waals surface area contributed by atoms with E-state index < -0.39 is 0 Å². The van der Waals surface area contributed by atoms with Gasteiger partial charge in [0.15, 0.2) is 0 Å². The summed E-state index contributed by atoms with van der Waals surface area (Å²) in [6.07, 6.45) is 4.51. The van der Waals surface area contributed by atoms with Crippen molar-refractivity contribution in [3.63, 3.8) is 0 Å². The number of rotatable bonds is 3. The Morgan fingerprint density at radius 3 is 3.20 bits per heavy atom. The lowest BCUT2D eigenvalue weighted by molar-refractivity contribution is 0.0948. The minimum absolute atomic E-state index is 0.0215. The lowest BCUT2D eigenvalue weighted by Gasteiger charge is -2.19. The number of nitrogens with one attached hydrogen (secondary N) is 2. The minimum Gasteiger partial charge on any atom is -0.345 e. The molecule has 0 saturated carbocycles. The summed E-state index contributed by atoms with van der Waals surface area (Å²) < 4.78 is 1.91. The monoisotopic (exact) mass is 270 g/mol. The van der Waals surface area contributed by atoms with Crippen molar-refractivity contribution in [2.24, 2.45) is 7.05 Å². The van der Waals surface area contributed by atoms with Crippen LogP contribution >= 0.6 is 0 Å². The van der Waals surface area contributed by atoms with Crippen LogP contribution in [0.4, 0.5) is 0 Å². The van der Waals surface area contributed by atoms with Gasteiger partial charge in [-0.25, -0.2) is 4.98 Å². The highest BCUT2D eigenvalue weighted by Crippen LogP contribution is 2.18. The molecule has 2 N–H and O–H groups in total. The number of benzene rings is 1. The van der Waals surface area contributed by atoms with Crippen molar-refractivity contribution in [2.45, 2.75) is 19.5 Å². The average molecular weight is 270 g/mol. The third-order valence-electron chi connectivity index (χ3n) is 3.71. The van der Waals surface area contributed by atoms with Crippen molar-refractivity contribution in [2.75, 3.05) is 6.54 Å². The van der Waals surface area contributed by atoms with Gasteiger partial charge in [-0.15, -0.1) is 0 Å². The third-order valence-corrected chi connectivity index (χ3v) is 3.71. The van der Waals surface area contributed by atoms with Crippen molar-refractivity contribution in [3.05, 3.63) is 53.1 Å². The van der Waals surface area contributed by atoms with Crippen LogP contribution in [0.3, 0.4) is 0 Å². The van der Waals surface area contributed by atoms with E-state index in [9.17, 15) is 4.79 Å². The number of nitrogens with zero attached hydrogens (tertiary/aromatic N) is 2. The molecule has 0 saturated heterocycles. The predicted octanol–water partition coefficient (Wildman–Crippen LogP) is 0.996. The minimum atomic E-state index is -0.0215. The summed E-state index contributed by atoms with van der Waals surface area (Å²) in [5.41, 5.74) is 3.18. The van der Waals surface area contributed by atoms with Gasteiger partial charge in [-0.3, -0.25) is 4.79 Å². The van der Waals surface area contributed by atoms with Gasteiger partial charge in [0.05, 0.1) is 6.54 Å². The number of carbonyl (C=O) groups excluding carboxylic acids is 1. The predicted molar refractivity (Wildman–Crippen MR) is 76.2 cm³/mol. The van der Waals surface area contributed by atoms with Gasteiger partial charge < -0.3 is 15.2 Å². The van der Waals surface area contributed by atoms with E-state index in [1.807, 2.05) is 29.9 Å². The number of aromatic nitrogens is 2. The molecule has 0 fully saturated rings. The molecule has 0 spiro atoms. The van der Waals surface area contributed by atoms with Crippen LogP contribution in [0.15, 0.2) is 30.6 Å². The second-order valence-corrected chi connectivity index (χ2v) is 5.01. The van der Waals surface area contributed by atoms with E-state index in [1.165, 1.54) is 11.1 Å². The lowest BCUT2D eigenvalue weighted by Crippen LogP contribution is -2.29. The van der Waals surface area contributed by atoms with Crippen molar-refractivity contribution in [3.8, 4) is 0 Å². The maximum atomic E-state index is 12.4. The summed E-state index contributed by atoms with van der Waals surface area (Å²) in [7, 11) is 1.92. The summed E-state index contributed by atoms with van der Waals surface area (Å²) in [5.74, 6) is 0.830. The number of carbonyl (C=O) groups is 1. The molecule has 20 heavy (non-hydrogen) atoms. The number of imidazole rings is 1. The van der Waals surface area contributed by atoms with E-state index in [2.05, 4.69) is 21.7 Å². The molecule has 1 aromatic heterocycles. The second kappa shape index (κ2) is 5.46. The van der Waals surface area contributed by atoms with Crippen LogP contribution in [0.25, 0.3) is 0 Å². The topological polar surface area (TPSA) is 59.0 Å². The van der Waals surface area contributed by atoms with E-state index in [1.54, 1.807) is 6.20 Å². The van der Waals surface area contributed by atoms with E-state index in [0.717, 1.165) is 30.9 Å². The molecule has 1 aromatic carbocycles. The molecule has 104 valence electrons. The molecular weight excluding hydrogens is 252 g/mol. The first-order valence-corrected chi connectivity index (χ1v) is 6.81. The molecule has 0 radical (unpaired) electrons. The molecule has 5 heteroatoms. The first kappa shape index (κ1) is 12.9. The number of hydrogen-bond donors (Lipinski definition) is 2. The summed E-state index contributed by atoms with van der Waals surface area (Å²) in [4.78, 5) is 16.6. The maximum Gasteiger partial charge on any atom is 0.251 e. The number of amides is 1. The Morgan fingerprint density at radius 1 is 1.50 bits per heavy atom. The van der Waals surface area contributed by atoms with Crippen molar-refractivity contribution in [1.29, 1.82) is 0 Å². The Kier molecular flexibility index (Phi) is 3.52. The summed E-state index contributed by atoms with van der Waals surface area (Å²) in [6.45, 7) is 2.22. The number of hydrogen-bond acceptors (Lipinski definition) is 3. The number of fused-ring (bicyclic) bond motifs is 1. The van der Waals surface area contributed by atoms with E-state index in [0.29, 0.717) is 6.54 Å². The zero-order valence-corrected chi connectivity index (χ0v) is 11.5. The normalized spacial score (nSPS) is 13.8. The number of aryl methyl sites for hydroxylation is 1.